The first-order valence-corrected chi connectivity index (χ1v) is 4.36. The minimum absolute atomic E-state index is 0.848. The Bertz CT molecular complexity index is 329. The number of hydrogen-bond donors (Lipinski definition) is 0. The molecule has 56 valence electrons. The maximum atomic E-state index is 4.21. The topological polar surface area (TPSA) is 12.4 Å². The van der Waals surface area contributed by atoms with Gasteiger partial charge in [0.25, 0.3) is 0 Å². The first kappa shape index (κ1) is 7.04. The van der Waals surface area contributed by atoms with Crippen molar-refractivity contribution in [3.63, 3.8) is 0 Å². The molecular weight excluding hydrogens is 202 g/mol. The van der Waals surface area contributed by atoms with Gasteiger partial charge in [-0.3, -0.25) is 4.99 Å². The third kappa shape index (κ3) is 1.02. The number of rotatable bonds is 0. The van der Waals surface area contributed by atoms with Gasteiger partial charge in [0, 0.05) is 10.7 Å². The van der Waals surface area contributed by atoms with Gasteiger partial charge >= 0.3 is 0 Å². The lowest BCUT2D eigenvalue weighted by Crippen LogP contribution is -1.89. The number of halogens is 1. The van der Waals surface area contributed by atoms with E-state index in [0.29, 0.717) is 0 Å². The molecule has 0 saturated carbocycles. The van der Waals surface area contributed by atoms with Crippen LogP contribution in [0.25, 0.3) is 0 Å². The van der Waals surface area contributed by atoms with Crippen LogP contribution in [0.2, 0.25) is 0 Å². The Kier molecular flexibility index (Phi) is 1.57. The summed E-state index contributed by atoms with van der Waals surface area (Å²) in [5, 5.41) is 0. The second-order valence-corrected chi connectivity index (χ2v) is 3.56. The van der Waals surface area contributed by atoms with Crippen LogP contribution in [-0.4, -0.2) is 6.21 Å². The lowest BCUT2D eigenvalue weighted by atomic mass is 10.1. The molecule has 0 aliphatic carbocycles. The van der Waals surface area contributed by atoms with Gasteiger partial charge in [0.1, 0.15) is 0 Å². The Hall–Kier alpha value is -0.630. The number of nitrogens with zero attached hydrogens (tertiary/aromatic N) is 1. The van der Waals surface area contributed by atoms with Crippen LogP contribution in [-0.2, 0) is 6.54 Å². The summed E-state index contributed by atoms with van der Waals surface area (Å²) in [6.45, 7) is 2.97. The second kappa shape index (κ2) is 2.45. The van der Waals surface area contributed by atoms with Crippen LogP contribution >= 0.6 is 15.9 Å². The van der Waals surface area contributed by atoms with E-state index in [0.717, 1.165) is 6.54 Å². The number of benzene rings is 1. The van der Waals surface area contributed by atoms with E-state index in [1.165, 1.54) is 21.2 Å². The number of fused-ring (bicyclic) bond motifs is 1. The smallest absolute Gasteiger partial charge is 0.0649 e. The fraction of sp³-hybridized carbons (Fsp3) is 0.222. The van der Waals surface area contributed by atoms with E-state index >= 15 is 0 Å². The molecule has 0 unspecified atom stereocenters. The van der Waals surface area contributed by atoms with Crippen molar-refractivity contribution in [3.8, 4) is 0 Å². The van der Waals surface area contributed by atoms with Crippen LogP contribution in [0.1, 0.15) is 16.7 Å². The van der Waals surface area contributed by atoms with Gasteiger partial charge < -0.3 is 0 Å². The summed E-state index contributed by atoms with van der Waals surface area (Å²) in [7, 11) is 0. The Morgan fingerprint density at radius 1 is 1.45 bits per heavy atom. The summed E-state index contributed by atoms with van der Waals surface area (Å²) in [5.41, 5.74) is 3.95. The minimum atomic E-state index is 0.848. The van der Waals surface area contributed by atoms with Crippen LogP contribution in [0, 0.1) is 6.92 Å². The molecular formula is C9H8BrN. The van der Waals surface area contributed by atoms with Gasteiger partial charge in [0.2, 0.25) is 0 Å². The van der Waals surface area contributed by atoms with Gasteiger partial charge in [0.05, 0.1) is 6.54 Å². The quantitative estimate of drug-likeness (QED) is 0.624. The third-order valence-electron chi connectivity index (χ3n) is 2.05. The molecule has 0 fully saturated rings. The molecule has 1 heterocycles. The SMILES string of the molecule is Cc1c(Br)ccc2c1CN=C2. The highest BCUT2D eigenvalue weighted by Crippen LogP contribution is 2.25. The molecule has 1 aromatic rings. The van der Waals surface area contributed by atoms with Crippen LogP contribution < -0.4 is 0 Å². The van der Waals surface area contributed by atoms with Crippen molar-refractivity contribution in [1.29, 1.82) is 0 Å². The summed E-state index contributed by atoms with van der Waals surface area (Å²) >= 11 is 3.49. The Morgan fingerprint density at radius 3 is 3.09 bits per heavy atom. The maximum Gasteiger partial charge on any atom is 0.0649 e. The molecule has 2 rings (SSSR count). The largest absolute Gasteiger partial charge is 0.288 e. The highest BCUT2D eigenvalue weighted by atomic mass is 79.9. The van der Waals surface area contributed by atoms with Gasteiger partial charge in [-0.05, 0) is 29.7 Å². The minimum Gasteiger partial charge on any atom is -0.288 e. The molecule has 0 N–H and O–H groups in total. The Labute approximate surface area is 74.3 Å². The maximum absolute atomic E-state index is 4.21. The van der Waals surface area contributed by atoms with Gasteiger partial charge in [-0.1, -0.05) is 22.0 Å². The fourth-order valence-electron chi connectivity index (χ4n) is 1.32. The average molecular weight is 210 g/mol. The Balaban J connectivity index is 2.67. The standard InChI is InChI=1S/C9H8BrN/c1-6-8-5-11-4-7(8)2-3-9(6)10/h2-4H,5H2,1H3. The molecule has 0 saturated heterocycles. The van der Waals surface area contributed by atoms with Crippen molar-refractivity contribution in [1.82, 2.24) is 0 Å². The van der Waals surface area contributed by atoms with Crippen molar-refractivity contribution in [2.45, 2.75) is 13.5 Å². The van der Waals surface area contributed by atoms with Crippen molar-refractivity contribution in [2.75, 3.05) is 0 Å². The van der Waals surface area contributed by atoms with E-state index < -0.39 is 0 Å². The van der Waals surface area contributed by atoms with Gasteiger partial charge in [-0.2, -0.15) is 0 Å². The number of aliphatic imine (C=N–C) groups is 1. The van der Waals surface area contributed by atoms with Gasteiger partial charge in [0.15, 0.2) is 0 Å². The predicted molar refractivity (Wildman–Crippen MR) is 50.2 cm³/mol. The Morgan fingerprint density at radius 2 is 2.27 bits per heavy atom. The number of hydrogen-bond acceptors (Lipinski definition) is 1. The van der Waals surface area contributed by atoms with E-state index in [9.17, 15) is 0 Å². The van der Waals surface area contributed by atoms with E-state index in [4.69, 9.17) is 0 Å². The molecule has 1 aliphatic rings. The first-order valence-electron chi connectivity index (χ1n) is 3.57. The lowest BCUT2D eigenvalue weighted by molar-refractivity contribution is 1.08. The second-order valence-electron chi connectivity index (χ2n) is 2.71. The molecule has 0 amide bonds. The lowest BCUT2D eigenvalue weighted by Gasteiger charge is -2.03. The van der Waals surface area contributed by atoms with Crippen LogP contribution in [0.4, 0.5) is 0 Å². The summed E-state index contributed by atoms with van der Waals surface area (Å²) in [4.78, 5) is 4.21. The molecule has 1 nitrogen and oxygen atoms in total. The molecule has 0 bridgehead atoms. The van der Waals surface area contributed by atoms with Gasteiger partial charge in [-0.25, -0.2) is 0 Å². The fourth-order valence-corrected chi connectivity index (χ4v) is 1.69. The average Bonchev–Trinajstić information content (AvgIpc) is 2.45. The van der Waals surface area contributed by atoms with Crippen molar-refractivity contribution in [3.05, 3.63) is 33.3 Å². The zero-order valence-electron chi connectivity index (χ0n) is 6.26. The van der Waals surface area contributed by atoms with Crippen molar-refractivity contribution >= 4 is 22.1 Å². The normalized spacial score (nSPS) is 13.6. The zero-order chi connectivity index (χ0) is 7.84. The van der Waals surface area contributed by atoms with E-state index in [1.54, 1.807) is 0 Å². The van der Waals surface area contributed by atoms with Gasteiger partial charge in [-0.15, -0.1) is 0 Å². The molecule has 1 aromatic carbocycles. The van der Waals surface area contributed by atoms with E-state index in [2.05, 4.69) is 40.0 Å². The first-order chi connectivity index (χ1) is 5.29. The highest BCUT2D eigenvalue weighted by Gasteiger charge is 2.09. The molecule has 2 heteroatoms. The monoisotopic (exact) mass is 209 g/mol. The van der Waals surface area contributed by atoms with E-state index in [1.807, 2.05) is 6.21 Å². The molecule has 0 spiro atoms. The zero-order valence-corrected chi connectivity index (χ0v) is 7.85. The molecule has 0 radical (unpaired) electrons. The highest BCUT2D eigenvalue weighted by molar-refractivity contribution is 9.10. The van der Waals surface area contributed by atoms with Crippen LogP contribution in [0.15, 0.2) is 21.6 Å². The van der Waals surface area contributed by atoms with Crippen molar-refractivity contribution in [2.24, 2.45) is 4.99 Å². The predicted octanol–water partition coefficient (Wildman–Crippen LogP) is 2.69. The van der Waals surface area contributed by atoms with Crippen LogP contribution in [0.5, 0.6) is 0 Å². The molecule has 11 heavy (non-hydrogen) atoms. The van der Waals surface area contributed by atoms with Crippen molar-refractivity contribution < 1.29 is 0 Å². The molecule has 1 aliphatic heterocycles. The summed E-state index contributed by atoms with van der Waals surface area (Å²) in [5.74, 6) is 0. The third-order valence-corrected chi connectivity index (χ3v) is 2.91. The summed E-state index contributed by atoms with van der Waals surface area (Å²) in [6.07, 6.45) is 1.94. The van der Waals surface area contributed by atoms with E-state index in [-0.39, 0.29) is 0 Å². The summed E-state index contributed by atoms with van der Waals surface area (Å²) < 4.78 is 1.18. The molecule has 0 aromatic heterocycles. The summed E-state index contributed by atoms with van der Waals surface area (Å²) in [6, 6.07) is 4.18. The van der Waals surface area contributed by atoms with Crippen LogP contribution in [0.3, 0.4) is 0 Å². The molecule has 0 atom stereocenters.